The summed E-state index contributed by atoms with van der Waals surface area (Å²) in [4.78, 5) is 0. The third-order valence-electron chi connectivity index (χ3n) is 9.62. The van der Waals surface area contributed by atoms with Crippen LogP contribution in [0.5, 0.6) is 11.5 Å². The molecule has 0 saturated heterocycles. The number of hydrogen-bond donors (Lipinski definition) is 0. The van der Waals surface area contributed by atoms with E-state index in [0.717, 1.165) is 11.5 Å². The predicted octanol–water partition coefficient (Wildman–Crippen LogP) is 10.7. The standard InChI is InChI=1S/C36H42O2/c1-15(2)27-19(7)21(9)31-23(11)37-35-29(17(5)13-25(27)33(31)35)30-18(6)14-26-28(16(3)4)20(8)22(10)32-24(12)38-36(30)34(26)32/h13-16,23-24H,1-12H3. The second-order valence-electron chi connectivity index (χ2n) is 12.6. The molecule has 2 nitrogen and oxygen atoms in total. The molecule has 2 unspecified atom stereocenters. The Balaban J connectivity index is 1.79. The lowest BCUT2D eigenvalue weighted by Gasteiger charge is -2.22. The Kier molecular flexibility index (Phi) is 5.49. The van der Waals surface area contributed by atoms with Crippen molar-refractivity contribution in [2.24, 2.45) is 0 Å². The summed E-state index contributed by atoms with van der Waals surface area (Å²) in [5.41, 5.74) is 16.1. The highest BCUT2D eigenvalue weighted by Crippen LogP contribution is 2.58. The van der Waals surface area contributed by atoms with Crippen LogP contribution < -0.4 is 9.47 Å². The van der Waals surface area contributed by atoms with Crippen LogP contribution in [-0.2, 0) is 0 Å². The van der Waals surface area contributed by atoms with Crippen molar-refractivity contribution in [3.05, 3.63) is 67.8 Å². The van der Waals surface area contributed by atoms with E-state index in [1.165, 1.54) is 88.3 Å². The summed E-state index contributed by atoms with van der Waals surface area (Å²) in [5.74, 6) is 2.99. The van der Waals surface area contributed by atoms with Crippen LogP contribution in [0.3, 0.4) is 0 Å². The van der Waals surface area contributed by atoms with Gasteiger partial charge < -0.3 is 9.47 Å². The Hall–Kier alpha value is -3.00. The fraction of sp³-hybridized carbons (Fsp3) is 0.444. The van der Waals surface area contributed by atoms with Gasteiger partial charge in [0, 0.05) is 33.0 Å². The average molecular weight is 507 g/mol. The molecule has 0 radical (unpaired) electrons. The lowest BCUT2D eigenvalue weighted by Crippen LogP contribution is -2.03. The molecule has 4 aromatic rings. The van der Waals surface area contributed by atoms with E-state index < -0.39 is 0 Å². The van der Waals surface area contributed by atoms with Crippen molar-refractivity contribution < 1.29 is 9.47 Å². The first kappa shape index (κ1) is 25.3. The Morgan fingerprint density at radius 2 is 0.895 bits per heavy atom. The quantitative estimate of drug-likeness (QED) is 0.275. The molecule has 4 aromatic carbocycles. The minimum atomic E-state index is 0.0372. The molecule has 6 rings (SSSR count). The van der Waals surface area contributed by atoms with E-state index in [1.807, 2.05) is 0 Å². The van der Waals surface area contributed by atoms with Crippen LogP contribution >= 0.6 is 0 Å². The van der Waals surface area contributed by atoms with E-state index in [2.05, 4.69) is 95.2 Å². The maximum atomic E-state index is 6.82. The smallest absolute Gasteiger partial charge is 0.136 e. The summed E-state index contributed by atoms with van der Waals surface area (Å²) >= 11 is 0. The molecule has 0 amide bonds. The van der Waals surface area contributed by atoms with E-state index in [1.54, 1.807) is 0 Å². The fourth-order valence-electron chi connectivity index (χ4n) is 7.95. The minimum absolute atomic E-state index is 0.0372. The first-order valence-corrected chi connectivity index (χ1v) is 14.4. The summed E-state index contributed by atoms with van der Waals surface area (Å²) in [6.07, 6.45) is 0.0743. The van der Waals surface area contributed by atoms with Crippen LogP contribution in [0.15, 0.2) is 12.1 Å². The Bertz CT molecular complexity index is 1570. The molecule has 2 aliphatic rings. The molecular formula is C36H42O2. The van der Waals surface area contributed by atoms with Crippen molar-refractivity contribution >= 4 is 21.5 Å². The first-order chi connectivity index (χ1) is 17.9. The fourth-order valence-corrected chi connectivity index (χ4v) is 7.95. The lowest BCUT2D eigenvalue weighted by molar-refractivity contribution is 0.242. The number of ether oxygens (including phenoxy) is 2. The Labute approximate surface area is 228 Å². The Morgan fingerprint density at radius 1 is 0.553 bits per heavy atom. The zero-order chi connectivity index (χ0) is 27.5. The van der Waals surface area contributed by atoms with Crippen LogP contribution in [-0.4, -0.2) is 0 Å². The monoisotopic (exact) mass is 506 g/mol. The highest BCUT2D eigenvalue weighted by molar-refractivity contribution is 6.09. The van der Waals surface area contributed by atoms with E-state index >= 15 is 0 Å². The predicted molar refractivity (Wildman–Crippen MR) is 162 cm³/mol. The summed E-state index contributed by atoms with van der Waals surface area (Å²) in [5, 5.41) is 5.34. The van der Waals surface area contributed by atoms with E-state index in [-0.39, 0.29) is 12.2 Å². The molecule has 0 aromatic heterocycles. The summed E-state index contributed by atoms with van der Waals surface area (Å²) in [6.45, 7) is 27.3. The second-order valence-corrected chi connectivity index (χ2v) is 12.6. The molecule has 2 heterocycles. The zero-order valence-electron chi connectivity index (χ0n) is 25.3. The summed E-state index contributed by atoms with van der Waals surface area (Å²) in [6, 6.07) is 4.85. The topological polar surface area (TPSA) is 18.5 Å². The third kappa shape index (κ3) is 3.07. The molecule has 0 aliphatic carbocycles. The van der Waals surface area contributed by atoms with Crippen LogP contribution in [0.1, 0.15) is 121 Å². The highest BCUT2D eigenvalue weighted by atomic mass is 16.5. The zero-order valence-corrected chi connectivity index (χ0v) is 25.3. The van der Waals surface area contributed by atoms with Gasteiger partial charge in [0.25, 0.3) is 0 Å². The number of aryl methyl sites for hydroxylation is 2. The van der Waals surface area contributed by atoms with Gasteiger partial charge in [-0.15, -0.1) is 0 Å². The van der Waals surface area contributed by atoms with Gasteiger partial charge in [-0.25, -0.2) is 0 Å². The van der Waals surface area contributed by atoms with Crippen molar-refractivity contribution in [1.29, 1.82) is 0 Å². The van der Waals surface area contributed by atoms with Gasteiger partial charge >= 0.3 is 0 Å². The normalized spacial score (nSPS) is 17.8. The molecule has 2 heteroatoms. The van der Waals surface area contributed by atoms with Gasteiger partial charge in [-0.3, -0.25) is 0 Å². The van der Waals surface area contributed by atoms with E-state index in [0.29, 0.717) is 11.8 Å². The van der Waals surface area contributed by atoms with Crippen LogP contribution in [0, 0.1) is 41.5 Å². The molecular weight excluding hydrogens is 464 g/mol. The molecule has 0 fully saturated rings. The van der Waals surface area contributed by atoms with Gasteiger partial charge in [-0.1, -0.05) is 39.8 Å². The van der Waals surface area contributed by atoms with E-state index in [9.17, 15) is 0 Å². The van der Waals surface area contributed by atoms with Gasteiger partial charge in [0.1, 0.15) is 23.7 Å². The molecule has 0 N–H and O–H groups in total. The Morgan fingerprint density at radius 3 is 1.21 bits per heavy atom. The summed E-state index contributed by atoms with van der Waals surface area (Å²) < 4.78 is 13.6. The third-order valence-corrected chi connectivity index (χ3v) is 9.62. The maximum Gasteiger partial charge on any atom is 0.136 e. The number of benzene rings is 4. The van der Waals surface area contributed by atoms with Gasteiger partial charge in [0.15, 0.2) is 0 Å². The number of rotatable bonds is 3. The van der Waals surface area contributed by atoms with Gasteiger partial charge in [-0.05, 0) is 123 Å². The molecule has 2 aliphatic heterocycles. The van der Waals surface area contributed by atoms with Crippen LogP contribution in [0.25, 0.3) is 32.7 Å². The molecule has 0 bridgehead atoms. The van der Waals surface area contributed by atoms with Gasteiger partial charge in [0.2, 0.25) is 0 Å². The van der Waals surface area contributed by atoms with Gasteiger partial charge in [-0.2, -0.15) is 0 Å². The molecule has 0 saturated carbocycles. The van der Waals surface area contributed by atoms with Crippen molar-refractivity contribution in [1.82, 2.24) is 0 Å². The molecule has 2 atom stereocenters. The van der Waals surface area contributed by atoms with Crippen molar-refractivity contribution in [2.75, 3.05) is 0 Å². The van der Waals surface area contributed by atoms with Crippen molar-refractivity contribution in [3.8, 4) is 22.6 Å². The van der Waals surface area contributed by atoms with Crippen LogP contribution in [0.4, 0.5) is 0 Å². The van der Waals surface area contributed by atoms with Crippen molar-refractivity contribution in [3.63, 3.8) is 0 Å². The number of hydrogen-bond acceptors (Lipinski definition) is 2. The van der Waals surface area contributed by atoms with Crippen LogP contribution in [0.2, 0.25) is 0 Å². The minimum Gasteiger partial charge on any atom is -0.485 e. The first-order valence-electron chi connectivity index (χ1n) is 14.4. The largest absolute Gasteiger partial charge is 0.485 e. The maximum absolute atomic E-state index is 6.82. The second kappa shape index (κ2) is 8.25. The molecule has 38 heavy (non-hydrogen) atoms. The highest BCUT2D eigenvalue weighted by Gasteiger charge is 2.36. The summed E-state index contributed by atoms with van der Waals surface area (Å²) in [7, 11) is 0. The molecule has 0 spiro atoms. The average Bonchev–Trinajstić information content (AvgIpc) is 3.34. The van der Waals surface area contributed by atoms with Crippen molar-refractivity contribution in [2.45, 2.75) is 107 Å². The molecule has 198 valence electrons. The van der Waals surface area contributed by atoms with E-state index in [4.69, 9.17) is 9.47 Å². The lowest BCUT2D eigenvalue weighted by atomic mass is 9.80. The SMILES string of the molecule is Cc1cc2c(C(C)C)c(C)c(C)c3c2c(c1-c1c(C)cc2c(C(C)C)c(C)c(C)c4c2c1OC4C)OC3C. The van der Waals surface area contributed by atoms with Gasteiger partial charge in [0.05, 0.1) is 0 Å².